The molecule has 0 aliphatic carbocycles. The lowest BCUT2D eigenvalue weighted by Gasteiger charge is -2.33. The number of carbonyl (C=O) groups excluding carboxylic acids is 1. The predicted molar refractivity (Wildman–Crippen MR) is 113 cm³/mol. The number of nitrogens with two attached hydrogens (primary N) is 2. The molecule has 2 aromatic rings. The first kappa shape index (κ1) is 21.4. The Labute approximate surface area is 167 Å². The number of hydrogen-bond donors (Lipinski definition) is 3. The van der Waals surface area contributed by atoms with Crippen LogP contribution in [0.25, 0.3) is 0 Å². The molecular weight excluding hydrogens is 352 g/mol. The van der Waals surface area contributed by atoms with E-state index in [9.17, 15) is 4.79 Å². The van der Waals surface area contributed by atoms with Gasteiger partial charge in [0.15, 0.2) is 5.96 Å². The SMILES string of the molecule is CCC(CCOCc1ccccc1)(N=C(N)NC(N)=O)c1c(C)cccc1C. The van der Waals surface area contributed by atoms with Gasteiger partial charge in [-0.1, -0.05) is 55.5 Å². The lowest BCUT2D eigenvalue weighted by atomic mass is 9.80. The molecule has 2 aromatic carbocycles. The van der Waals surface area contributed by atoms with Crippen molar-refractivity contribution in [2.24, 2.45) is 16.5 Å². The van der Waals surface area contributed by atoms with E-state index in [1.807, 2.05) is 36.4 Å². The highest BCUT2D eigenvalue weighted by Crippen LogP contribution is 2.37. The van der Waals surface area contributed by atoms with Crippen LogP contribution in [-0.2, 0) is 16.9 Å². The molecule has 28 heavy (non-hydrogen) atoms. The quantitative estimate of drug-likeness (QED) is 0.370. The van der Waals surface area contributed by atoms with Crippen molar-refractivity contribution < 1.29 is 9.53 Å². The second-order valence-corrected chi connectivity index (χ2v) is 6.93. The maximum absolute atomic E-state index is 11.2. The summed E-state index contributed by atoms with van der Waals surface area (Å²) in [5.41, 5.74) is 15.0. The van der Waals surface area contributed by atoms with E-state index in [0.29, 0.717) is 26.1 Å². The molecule has 1 unspecified atom stereocenters. The van der Waals surface area contributed by atoms with E-state index in [4.69, 9.17) is 21.2 Å². The Bertz CT molecular complexity index is 800. The van der Waals surface area contributed by atoms with Crippen LogP contribution in [-0.4, -0.2) is 18.6 Å². The van der Waals surface area contributed by atoms with Gasteiger partial charge in [0.1, 0.15) is 0 Å². The minimum absolute atomic E-state index is 0.0139. The minimum atomic E-state index is -0.729. The molecule has 0 fully saturated rings. The largest absolute Gasteiger partial charge is 0.377 e. The first-order valence-electron chi connectivity index (χ1n) is 9.48. The first-order valence-corrected chi connectivity index (χ1v) is 9.48. The van der Waals surface area contributed by atoms with Crippen LogP contribution < -0.4 is 16.8 Å². The maximum atomic E-state index is 11.2. The van der Waals surface area contributed by atoms with Crippen LogP contribution in [0, 0.1) is 13.8 Å². The first-order chi connectivity index (χ1) is 13.4. The second-order valence-electron chi connectivity index (χ2n) is 6.93. The number of hydrogen-bond acceptors (Lipinski definition) is 3. The zero-order chi connectivity index (χ0) is 20.6. The van der Waals surface area contributed by atoms with Crippen molar-refractivity contribution in [2.75, 3.05) is 6.61 Å². The number of primary amides is 1. The summed E-state index contributed by atoms with van der Waals surface area (Å²) in [6, 6.07) is 15.4. The molecule has 0 radical (unpaired) electrons. The Morgan fingerprint density at radius 2 is 1.71 bits per heavy atom. The van der Waals surface area contributed by atoms with Crippen molar-refractivity contribution >= 4 is 12.0 Å². The lowest BCUT2D eigenvalue weighted by molar-refractivity contribution is 0.101. The van der Waals surface area contributed by atoms with Crippen molar-refractivity contribution in [3.8, 4) is 0 Å². The number of aliphatic imine (C=N–C) groups is 1. The number of guanidine groups is 1. The zero-order valence-electron chi connectivity index (χ0n) is 16.9. The van der Waals surface area contributed by atoms with E-state index < -0.39 is 11.6 Å². The molecule has 150 valence electrons. The Morgan fingerprint density at radius 3 is 2.29 bits per heavy atom. The molecule has 0 aromatic heterocycles. The highest BCUT2D eigenvalue weighted by Gasteiger charge is 2.33. The Kier molecular flexibility index (Phi) is 7.58. The van der Waals surface area contributed by atoms with Gasteiger partial charge in [-0.15, -0.1) is 0 Å². The van der Waals surface area contributed by atoms with Crippen molar-refractivity contribution in [1.82, 2.24) is 5.32 Å². The predicted octanol–water partition coefficient (Wildman–Crippen LogP) is 3.50. The fourth-order valence-corrected chi connectivity index (χ4v) is 3.61. The number of rotatable bonds is 8. The van der Waals surface area contributed by atoms with Crippen molar-refractivity contribution in [3.63, 3.8) is 0 Å². The summed E-state index contributed by atoms with van der Waals surface area (Å²) in [6.45, 7) is 7.22. The van der Waals surface area contributed by atoms with Crippen molar-refractivity contribution in [3.05, 3.63) is 70.8 Å². The fourth-order valence-electron chi connectivity index (χ4n) is 3.61. The monoisotopic (exact) mass is 382 g/mol. The van der Waals surface area contributed by atoms with Gasteiger partial charge in [-0.25, -0.2) is 9.79 Å². The molecule has 0 saturated carbocycles. The average Bonchev–Trinajstić information content (AvgIpc) is 2.65. The number of nitrogens with one attached hydrogen (secondary N) is 1. The van der Waals surface area contributed by atoms with Gasteiger partial charge in [-0.3, -0.25) is 5.32 Å². The molecule has 0 spiro atoms. The van der Waals surface area contributed by atoms with Crippen LogP contribution >= 0.6 is 0 Å². The van der Waals surface area contributed by atoms with E-state index in [0.717, 1.165) is 22.3 Å². The van der Waals surface area contributed by atoms with Gasteiger partial charge < -0.3 is 16.2 Å². The summed E-state index contributed by atoms with van der Waals surface area (Å²) < 4.78 is 5.92. The molecule has 6 heteroatoms. The van der Waals surface area contributed by atoms with Gasteiger partial charge >= 0.3 is 6.03 Å². The smallest absolute Gasteiger partial charge is 0.318 e. The number of urea groups is 1. The summed E-state index contributed by atoms with van der Waals surface area (Å²) in [5.74, 6) is 0.0139. The van der Waals surface area contributed by atoms with E-state index in [1.54, 1.807) is 0 Å². The maximum Gasteiger partial charge on any atom is 0.318 e. The minimum Gasteiger partial charge on any atom is -0.377 e. The van der Waals surface area contributed by atoms with Crippen LogP contribution in [0.1, 0.15) is 42.0 Å². The molecule has 1 atom stereocenters. The zero-order valence-corrected chi connectivity index (χ0v) is 16.9. The summed E-state index contributed by atoms with van der Waals surface area (Å²) in [7, 11) is 0. The molecule has 2 amide bonds. The Morgan fingerprint density at radius 1 is 1.07 bits per heavy atom. The molecule has 0 saturated heterocycles. The molecule has 0 bridgehead atoms. The van der Waals surface area contributed by atoms with E-state index in [-0.39, 0.29) is 5.96 Å². The van der Waals surface area contributed by atoms with Crippen LogP contribution in [0.2, 0.25) is 0 Å². The third kappa shape index (κ3) is 5.57. The van der Waals surface area contributed by atoms with Gasteiger partial charge in [0.2, 0.25) is 0 Å². The molecule has 0 aliphatic heterocycles. The second kappa shape index (κ2) is 9.90. The van der Waals surface area contributed by atoms with Crippen LogP contribution in [0.3, 0.4) is 0 Å². The Balaban J connectivity index is 2.28. The van der Waals surface area contributed by atoms with Gasteiger partial charge in [-0.05, 0) is 42.5 Å². The summed E-state index contributed by atoms with van der Waals surface area (Å²) in [4.78, 5) is 15.9. The lowest BCUT2D eigenvalue weighted by Crippen LogP contribution is -2.43. The van der Waals surface area contributed by atoms with Gasteiger partial charge in [-0.2, -0.15) is 0 Å². The summed E-state index contributed by atoms with van der Waals surface area (Å²) >= 11 is 0. The highest BCUT2D eigenvalue weighted by atomic mass is 16.5. The Hall–Kier alpha value is -2.86. The normalized spacial score (nSPS) is 13.8. The number of ether oxygens (including phenoxy) is 1. The van der Waals surface area contributed by atoms with Crippen LogP contribution in [0.4, 0.5) is 4.79 Å². The number of benzene rings is 2. The van der Waals surface area contributed by atoms with Crippen molar-refractivity contribution in [1.29, 1.82) is 0 Å². The topological polar surface area (TPSA) is 103 Å². The third-order valence-electron chi connectivity index (χ3n) is 4.89. The van der Waals surface area contributed by atoms with Gasteiger partial charge in [0.05, 0.1) is 12.1 Å². The van der Waals surface area contributed by atoms with E-state index in [2.05, 4.69) is 38.2 Å². The summed E-state index contributed by atoms with van der Waals surface area (Å²) in [5, 5.41) is 2.38. The number of aryl methyl sites for hydroxylation is 2. The van der Waals surface area contributed by atoms with Crippen LogP contribution in [0.15, 0.2) is 53.5 Å². The molecule has 0 aliphatic rings. The molecular formula is C22H30N4O2. The number of amides is 2. The average molecular weight is 383 g/mol. The number of nitrogens with zero attached hydrogens (tertiary/aromatic N) is 1. The van der Waals surface area contributed by atoms with Gasteiger partial charge in [0, 0.05) is 13.0 Å². The van der Waals surface area contributed by atoms with Gasteiger partial charge in [0.25, 0.3) is 0 Å². The third-order valence-corrected chi connectivity index (χ3v) is 4.89. The summed E-state index contributed by atoms with van der Waals surface area (Å²) in [6.07, 6.45) is 1.33. The number of carbonyl (C=O) groups is 1. The molecule has 2 rings (SSSR count). The van der Waals surface area contributed by atoms with Crippen LogP contribution in [0.5, 0.6) is 0 Å². The highest BCUT2D eigenvalue weighted by molar-refractivity contribution is 5.94. The molecule has 0 heterocycles. The molecule has 5 N–H and O–H groups in total. The standard InChI is InChI=1S/C22H30N4O2/c1-4-22(26-20(23)25-21(24)27,19-16(2)9-8-10-17(19)3)13-14-28-15-18-11-6-5-7-12-18/h5-12H,4,13-15H2,1-3H3,(H5,23,24,25,26,27). The van der Waals surface area contributed by atoms with Crippen molar-refractivity contribution in [2.45, 2.75) is 45.8 Å². The van der Waals surface area contributed by atoms with E-state index in [1.165, 1.54) is 0 Å². The molecule has 6 nitrogen and oxygen atoms in total. The van der Waals surface area contributed by atoms with E-state index >= 15 is 0 Å². The fraction of sp³-hybridized carbons (Fsp3) is 0.364.